The summed E-state index contributed by atoms with van der Waals surface area (Å²) < 4.78 is 0. The topological polar surface area (TPSA) is 0 Å². The van der Waals surface area contributed by atoms with Crippen LogP contribution in [-0.4, -0.2) is 9.69 Å². The van der Waals surface area contributed by atoms with Crippen molar-refractivity contribution in [1.82, 2.24) is 0 Å². The minimum atomic E-state index is 0.266. The lowest BCUT2D eigenvalue weighted by Crippen LogP contribution is -2.08. The second-order valence-electron chi connectivity index (χ2n) is 3.76. The average Bonchev–Trinajstić information content (AvgIpc) is 2.16. The summed E-state index contributed by atoms with van der Waals surface area (Å²) >= 11 is 8.79. The molecule has 1 unspecified atom stereocenters. The van der Waals surface area contributed by atoms with E-state index in [2.05, 4.69) is 61.0 Å². The second kappa shape index (κ2) is 5.04. The molecule has 0 spiro atoms. The van der Waals surface area contributed by atoms with E-state index in [-0.39, 0.29) is 4.83 Å². The van der Waals surface area contributed by atoms with E-state index >= 15 is 0 Å². The Morgan fingerprint density at radius 1 is 1.14 bits per heavy atom. The Bertz CT molecular complexity index is 312. The maximum absolute atomic E-state index is 5.31. The Labute approximate surface area is 99.8 Å². The lowest BCUT2D eigenvalue weighted by Gasteiger charge is -2.09. The SMILES string of the molecule is CC(Br)C(=S)c1ccc(C(C)C)cc1. The molecule has 0 aliphatic rings. The van der Waals surface area contributed by atoms with Crippen molar-refractivity contribution in [3.05, 3.63) is 35.4 Å². The summed E-state index contributed by atoms with van der Waals surface area (Å²) in [5.74, 6) is 0.582. The zero-order valence-corrected chi connectivity index (χ0v) is 11.2. The summed E-state index contributed by atoms with van der Waals surface area (Å²) in [6.07, 6.45) is 0. The van der Waals surface area contributed by atoms with Crippen LogP contribution < -0.4 is 0 Å². The number of benzene rings is 1. The van der Waals surface area contributed by atoms with Gasteiger partial charge in [-0.05, 0) is 24.0 Å². The van der Waals surface area contributed by atoms with E-state index in [0.29, 0.717) is 5.92 Å². The Morgan fingerprint density at radius 2 is 1.64 bits per heavy atom. The quantitative estimate of drug-likeness (QED) is 0.448. The van der Waals surface area contributed by atoms with Crippen molar-refractivity contribution in [1.29, 1.82) is 0 Å². The van der Waals surface area contributed by atoms with E-state index in [1.165, 1.54) is 5.56 Å². The highest BCUT2D eigenvalue weighted by atomic mass is 79.9. The molecule has 1 aromatic carbocycles. The monoisotopic (exact) mass is 270 g/mol. The van der Waals surface area contributed by atoms with E-state index in [4.69, 9.17) is 12.2 Å². The van der Waals surface area contributed by atoms with Gasteiger partial charge in [-0.25, -0.2) is 0 Å². The van der Waals surface area contributed by atoms with Gasteiger partial charge in [-0.3, -0.25) is 0 Å². The molecule has 0 aromatic heterocycles. The first-order chi connectivity index (χ1) is 6.52. The van der Waals surface area contributed by atoms with Crippen LogP contribution in [0.25, 0.3) is 0 Å². The number of hydrogen-bond donors (Lipinski definition) is 0. The zero-order valence-electron chi connectivity index (χ0n) is 8.75. The van der Waals surface area contributed by atoms with Gasteiger partial charge < -0.3 is 0 Å². The van der Waals surface area contributed by atoms with Crippen molar-refractivity contribution in [2.75, 3.05) is 0 Å². The van der Waals surface area contributed by atoms with Crippen LogP contribution in [-0.2, 0) is 0 Å². The molecule has 0 saturated carbocycles. The maximum Gasteiger partial charge on any atom is 0.0475 e. The van der Waals surface area contributed by atoms with Gasteiger partial charge in [-0.15, -0.1) is 0 Å². The maximum atomic E-state index is 5.31. The van der Waals surface area contributed by atoms with Crippen LogP contribution in [0.1, 0.15) is 37.8 Å². The van der Waals surface area contributed by atoms with Crippen LogP contribution in [0.3, 0.4) is 0 Å². The van der Waals surface area contributed by atoms with Crippen LogP contribution in [0.4, 0.5) is 0 Å². The molecule has 0 radical (unpaired) electrons. The van der Waals surface area contributed by atoms with Crippen molar-refractivity contribution >= 4 is 33.0 Å². The van der Waals surface area contributed by atoms with Gasteiger partial charge in [0, 0.05) is 9.69 Å². The van der Waals surface area contributed by atoms with E-state index in [9.17, 15) is 0 Å². The van der Waals surface area contributed by atoms with E-state index in [1.54, 1.807) is 0 Å². The van der Waals surface area contributed by atoms with Gasteiger partial charge in [0.15, 0.2) is 0 Å². The lowest BCUT2D eigenvalue weighted by atomic mass is 10.0. The van der Waals surface area contributed by atoms with E-state index in [1.807, 2.05) is 0 Å². The molecule has 2 heteroatoms. The highest BCUT2D eigenvalue weighted by Crippen LogP contribution is 2.17. The third-order valence-corrected chi connectivity index (χ3v) is 3.57. The summed E-state index contributed by atoms with van der Waals surface area (Å²) in [5, 5.41) is 0. The fourth-order valence-electron chi connectivity index (χ4n) is 1.26. The van der Waals surface area contributed by atoms with Gasteiger partial charge in [0.1, 0.15) is 0 Å². The summed E-state index contributed by atoms with van der Waals surface area (Å²) in [6, 6.07) is 8.52. The molecule has 0 nitrogen and oxygen atoms in total. The molecule has 1 atom stereocenters. The average molecular weight is 271 g/mol. The number of halogens is 1. The zero-order chi connectivity index (χ0) is 10.7. The fourth-order valence-corrected chi connectivity index (χ4v) is 1.66. The van der Waals surface area contributed by atoms with Gasteiger partial charge in [-0.1, -0.05) is 66.3 Å². The number of thiocarbonyl (C=S) groups is 1. The molecule has 0 aliphatic carbocycles. The minimum Gasteiger partial charge on any atom is -0.0832 e. The molecule has 0 aliphatic heterocycles. The van der Waals surface area contributed by atoms with Gasteiger partial charge in [0.05, 0.1) is 0 Å². The largest absolute Gasteiger partial charge is 0.0832 e. The third-order valence-electron chi connectivity index (χ3n) is 2.22. The molecule has 0 saturated heterocycles. The van der Waals surface area contributed by atoms with Crippen molar-refractivity contribution in [2.24, 2.45) is 0 Å². The summed E-state index contributed by atoms with van der Waals surface area (Å²) in [4.78, 5) is 1.24. The fraction of sp³-hybridized carbons (Fsp3) is 0.417. The van der Waals surface area contributed by atoms with Gasteiger partial charge in [0.2, 0.25) is 0 Å². The van der Waals surface area contributed by atoms with Crippen molar-refractivity contribution in [3.8, 4) is 0 Å². The molecule has 0 fully saturated rings. The van der Waals surface area contributed by atoms with Gasteiger partial charge in [-0.2, -0.15) is 0 Å². The Hall–Kier alpha value is -0.210. The predicted molar refractivity (Wildman–Crippen MR) is 70.6 cm³/mol. The van der Waals surface area contributed by atoms with E-state index < -0.39 is 0 Å². The molecule has 76 valence electrons. The van der Waals surface area contributed by atoms with E-state index in [0.717, 1.165) is 10.4 Å². The third kappa shape index (κ3) is 2.89. The molecule has 0 heterocycles. The standard InChI is InChI=1S/C12H15BrS/c1-8(2)10-4-6-11(7-5-10)12(14)9(3)13/h4-9H,1-3H3. The second-order valence-corrected chi connectivity index (χ2v) is 5.57. The predicted octanol–water partition coefficient (Wildman–Crippen LogP) is 4.31. The number of hydrogen-bond acceptors (Lipinski definition) is 1. The van der Waals surface area contributed by atoms with Crippen LogP contribution in [0.5, 0.6) is 0 Å². The molecule has 1 aromatic rings. The van der Waals surface area contributed by atoms with Crippen molar-refractivity contribution in [3.63, 3.8) is 0 Å². The van der Waals surface area contributed by atoms with Crippen molar-refractivity contribution in [2.45, 2.75) is 31.5 Å². The number of rotatable bonds is 3. The first kappa shape index (κ1) is 11.9. The molecule has 0 bridgehead atoms. The minimum absolute atomic E-state index is 0.266. The Morgan fingerprint density at radius 3 is 2.00 bits per heavy atom. The number of alkyl halides is 1. The Balaban J connectivity index is 2.89. The molecular weight excluding hydrogens is 256 g/mol. The molecule has 0 amide bonds. The van der Waals surface area contributed by atoms with Crippen LogP contribution in [0.2, 0.25) is 0 Å². The van der Waals surface area contributed by atoms with Crippen LogP contribution in [0, 0.1) is 0 Å². The highest BCUT2D eigenvalue weighted by Gasteiger charge is 2.07. The summed E-state index contributed by atoms with van der Waals surface area (Å²) in [7, 11) is 0. The van der Waals surface area contributed by atoms with Crippen LogP contribution in [0.15, 0.2) is 24.3 Å². The molecule has 0 N–H and O–H groups in total. The molecule has 1 rings (SSSR count). The smallest absolute Gasteiger partial charge is 0.0475 e. The van der Waals surface area contributed by atoms with Gasteiger partial charge in [0.25, 0.3) is 0 Å². The van der Waals surface area contributed by atoms with Crippen molar-refractivity contribution < 1.29 is 0 Å². The summed E-state index contributed by atoms with van der Waals surface area (Å²) in [5.41, 5.74) is 2.51. The lowest BCUT2D eigenvalue weighted by molar-refractivity contribution is 0.866. The first-order valence-corrected chi connectivity index (χ1v) is 6.13. The molecule has 14 heavy (non-hydrogen) atoms. The first-order valence-electron chi connectivity index (χ1n) is 4.80. The molecular formula is C12H15BrS. The normalized spacial score (nSPS) is 12.9. The van der Waals surface area contributed by atoms with Gasteiger partial charge >= 0.3 is 0 Å². The summed E-state index contributed by atoms with van der Waals surface area (Å²) in [6.45, 7) is 6.44. The highest BCUT2D eigenvalue weighted by molar-refractivity contribution is 9.10. The Kier molecular flexibility index (Phi) is 4.27. The van der Waals surface area contributed by atoms with Crippen LogP contribution >= 0.6 is 28.1 Å².